The van der Waals surface area contributed by atoms with Crippen molar-refractivity contribution in [1.29, 1.82) is 0 Å². The first-order valence-electron chi connectivity index (χ1n) is 7.15. The Kier molecular flexibility index (Phi) is 7.66. The number of hydrazine groups is 1. The zero-order valence-electron chi connectivity index (χ0n) is 12.6. The summed E-state index contributed by atoms with van der Waals surface area (Å²) in [4.78, 5) is 27.5. The molecule has 10 heteroatoms. The van der Waals surface area contributed by atoms with Gasteiger partial charge in [-0.1, -0.05) is 6.42 Å². The van der Waals surface area contributed by atoms with Gasteiger partial charge in [0.25, 0.3) is 0 Å². The quantitative estimate of drug-likeness (QED) is 0.275. The fourth-order valence-corrected chi connectivity index (χ4v) is 2.42. The number of rotatable bonds is 5. The fraction of sp³-hybridized carbons (Fsp3) is 0.538. The normalized spacial score (nSPS) is 15.8. The summed E-state index contributed by atoms with van der Waals surface area (Å²) in [5.41, 5.74) is 2.27. The largest absolute Gasteiger partial charge is 0.433 e. The Morgan fingerprint density at radius 2 is 2.09 bits per heavy atom. The molecule has 1 aromatic rings. The van der Waals surface area contributed by atoms with Gasteiger partial charge in [0.1, 0.15) is 4.92 Å². The molecule has 0 aromatic carbocycles. The number of nitro groups is 1. The van der Waals surface area contributed by atoms with E-state index >= 15 is 0 Å². The summed E-state index contributed by atoms with van der Waals surface area (Å²) in [6.45, 7) is 2.73. The van der Waals surface area contributed by atoms with E-state index in [1.165, 1.54) is 18.6 Å². The van der Waals surface area contributed by atoms with Gasteiger partial charge in [0.05, 0.1) is 11.8 Å². The van der Waals surface area contributed by atoms with Crippen molar-refractivity contribution in [2.45, 2.75) is 25.7 Å². The summed E-state index contributed by atoms with van der Waals surface area (Å²) in [6.07, 6.45) is 4.00. The molecule has 0 atom stereocenters. The maximum absolute atomic E-state index is 11.4. The number of nitrogens with zero attached hydrogens (tertiary/aromatic N) is 3. The number of amides is 2. The van der Waals surface area contributed by atoms with Crippen molar-refractivity contribution >= 4 is 30.0 Å². The Balaban J connectivity index is 0.00000264. The predicted octanol–water partition coefficient (Wildman–Crippen LogP) is 1.86. The first-order chi connectivity index (χ1) is 10.6. The van der Waals surface area contributed by atoms with E-state index in [-0.39, 0.29) is 24.1 Å². The third-order valence-electron chi connectivity index (χ3n) is 3.53. The van der Waals surface area contributed by atoms with Crippen LogP contribution in [0.25, 0.3) is 0 Å². The van der Waals surface area contributed by atoms with Gasteiger partial charge in [-0.15, -0.1) is 12.4 Å². The molecule has 2 amide bonds. The number of carbonyl (C=O) groups is 1. The van der Waals surface area contributed by atoms with Gasteiger partial charge in [0.15, 0.2) is 5.76 Å². The van der Waals surface area contributed by atoms with E-state index in [9.17, 15) is 14.9 Å². The molecule has 1 aromatic heterocycles. The van der Waals surface area contributed by atoms with Gasteiger partial charge in [-0.05, 0) is 32.0 Å². The van der Waals surface area contributed by atoms with Gasteiger partial charge in [0.2, 0.25) is 0 Å². The van der Waals surface area contributed by atoms with Gasteiger partial charge < -0.3 is 9.32 Å². The van der Waals surface area contributed by atoms with E-state index in [1.54, 1.807) is 0 Å². The summed E-state index contributed by atoms with van der Waals surface area (Å²) < 4.78 is 5.12. The summed E-state index contributed by atoms with van der Waals surface area (Å²) in [5, 5.41) is 10.7. The molecule has 0 spiro atoms. The Morgan fingerprint density at radius 3 is 2.65 bits per heavy atom. The van der Waals surface area contributed by atoms with Crippen LogP contribution in [0.3, 0.4) is 0 Å². The average molecular weight is 346 g/mol. The molecule has 23 heavy (non-hydrogen) atoms. The third kappa shape index (κ3) is 5.62. The van der Waals surface area contributed by atoms with Crippen molar-refractivity contribution in [1.82, 2.24) is 10.3 Å². The Hall–Kier alpha value is -1.97. The second-order valence-electron chi connectivity index (χ2n) is 5.06. The second-order valence-corrected chi connectivity index (χ2v) is 5.06. The van der Waals surface area contributed by atoms with Gasteiger partial charge in [-0.3, -0.25) is 15.5 Å². The van der Waals surface area contributed by atoms with Crippen LogP contribution in [0.15, 0.2) is 21.5 Å². The Morgan fingerprint density at radius 1 is 1.39 bits per heavy atom. The zero-order valence-corrected chi connectivity index (χ0v) is 13.4. The molecule has 1 aliphatic heterocycles. The SMILES string of the molecule is Cl.NNC(=O)/N=C(\CCN1CCCCC1)c1ccc([N+](=O)[O-])o1. The first kappa shape index (κ1) is 19.1. The summed E-state index contributed by atoms with van der Waals surface area (Å²) in [6, 6.07) is 1.97. The minimum atomic E-state index is -0.715. The molecule has 2 heterocycles. The lowest BCUT2D eigenvalue weighted by atomic mass is 10.1. The second kappa shape index (κ2) is 9.23. The molecule has 1 saturated heterocycles. The molecule has 0 radical (unpaired) electrons. The first-order valence-corrected chi connectivity index (χ1v) is 7.15. The Labute approximate surface area is 139 Å². The number of aliphatic imine (C=N–C) groups is 1. The van der Waals surface area contributed by atoms with Crippen LogP contribution in [0.2, 0.25) is 0 Å². The van der Waals surface area contributed by atoms with E-state index in [2.05, 4.69) is 9.89 Å². The summed E-state index contributed by atoms with van der Waals surface area (Å²) in [7, 11) is 0. The minimum absolute atomic E-state index is 0. The van der Waals surface area contributed by atoms with E-state index in [1.807, 2.05) is 5.43 Å². The number of urea groups is 1. The number of piperidine rings is 1. The van der Waals surface area contributed by atoms with Crippen molar-refractivity contribution in [3.8, 4) is 0 Å². The topological polar surface area (TPSA) is 127 Å². The van der Waals surface area contributed by atoms with Crippen LogP contribution < -0.4 is 11.3 Å². The van der Waals surface area contributed by atoms with Crippen molar-refractivity contribution in [3.63, 3.8) is 0 Å². The molecule has 0 bridgehead atoms. The van der Waals surface area contributed by atoms with Crippen LogP contribution in [0, 0.1) is 10.1 Å². The number of furan rings is 1. The predicted molar refractivity (Wildman–Crippen MR) is 86.8 cm³/mol. The highest BCUT2D eigenvalue weighted by Crippen LogP contribution is 2.18. The van der Waals surface area contributed by atoms with Gasteiger partial charge in [0, 0.05) is 13.0 Å². The molecule has 0 unspecified atom stereocenters. The van der Waals surface area contributed by atoms with E-state index < -0.39 is 11.0 Å². The van der Waals surface area contributed by atoms with Crippen molar-refractivity contribution in [2.75, 3.05) is 19.6 Å². The van der Waals surface area contributed by atoms with Crippen molar-refractivity contribution < 1.29 is 14.1 Å². The lowest BCUT2D eigenvalue weighted by molar-refractivity contribution is -0.402. The van der Waals surface area contributed by atoms with Crippen LogP contribution in [-0.4, -0.2) is 41.2 Å². The molecule has 2 rings (SSSR count). The zero-order chi connectivity index (χ0) is 15.9. The molecule has 9 nitrogen and oxygen atoms in total. The van der Waals surface area contributed by atoms with Gasteiger partial charge in [-0.2, -0.15) is 4.99 Å². The molecule has 1 fully saturated rings. The molecule has 1 aliphatic rings. The molecule has 0 saturated carbocycles. The van der Waals surface area contributed by atoms with Gasteiger partial charge in [-0.25, -0.2) is 10.6 Å². The molecular weight excluding hydrogens is 326 g/mol. The average Bonchev–Trinajstić information content (AvgIpc) is 3.02. The number of nitrogens with one attached hydrogen (secondary N) is 1. The maximum Gasteiger partial charge on any atom is 0.433 e. The minimum Gasteiger partial charge on any atom is -0.399 e. The highest BCUT2D eigenvalue weighted by molar-refractivity contribution is 6.04. The molecular formula is C13H20ClN5O4. The van der Waals surface area contributed by atoms with Crippen LogP contribution in [0.1, 0.15) is 31.4 Å². The van der Waals surface area contributed by atoms with Gasteiger partial charge >= 0.3 is 11.9 Å². The molecule has 0 aliphatic carbocycles. The van der Waals surface area contributed by atoms with Crippen molar-refractivity contribution in [3.05, 3.63) is 28.0 Å². The molecule has 3 N–H and O–H groups in total. The van der Waals surface area contributed by atoms with Crippen LogP contribution >= 0.6 is 12.4 Å². The number of hydrogen-bond donors (Lipinski definition) is 2. The third-order valence-corrected chi connectivity index (χ3v) is 3.53. The van der Waals surface area contributed by atoms with Crippen LogP contribution in [-0.2, 0) is 0 Å². The lowest BCUT2D eigenvalue weighted by Gasteiger charge is -2.26. The molecule has 128 valence electrons. The monoisotopic (exact) mass is 345 g/mol. The van der Waals surface area contributed by atoms with Crippen LogP contribution in [0.4, 0.5) is 10.7 Å². The smallest absolute Gasteiger partial charge is 0.399 e. The number of hydrogen-bond acceptors (Lipinski definition) is 6. The summed E-state index contributed by atoms with van der Waals surface area (Å²) in [5.74, 6) is 4.87. The van der Waals surface area contributed by atoms with Crippen molar-refractivity contribution in [2.24, 2.45) is 10.8 Å². The van der Waals surface area contributed by atoms with Crippen LogP contribution in [0.5, 0.6) is 0 Å². The highest BCUT2D eigenvalue weighted by Gasteiger charge is 2.18. The number of carbonyl (C=O) groups excluding carboxylic acids is 1. The Bertz CT molecular complexity index is 568. The number of nitrogens with two attached hydrogens (primary N) is 1. The maximum atomic E-state index is 11.4. The lowest BCUT2D eigenvalue weighted by Crippen LogP contribution is -2.32. The van der Waals surface area contributed by atoms with E-state index in [4.69, 9.17) is 10.3 Å². The standard InChI is InChI=1S/C13H19N5O4.ClH/c14-16-13(19)15-10(6-9-17-7-2-1-3-8-17)11-4-5-12(22-11)18(20)21;/h4-5H,1-3,6-9,14H2,(H,16,19);1H/b15-10+;. The summed E-state index contributed by atoms with van der Waals surface area (Å²) >= 11 is 0. The van der Waals surface area contributed by atoms with E-state index in [0.29, 0.717) is 18.7 Å². The fourth-order valence-electron chi connectivity index (χ4n) is 2.42. The number of halogens is 1. The number of likely N-dealkylation sites (tertiary alicyclic amines) is 1. The highest BCUT2D eigenvalue weighted by atomic mass is 35.5. The van der Waals surface area contributed by atoms with E-state index in [0.717, 1.165) is 25.9 Å².